The van der Waals surface area contributed by atoms with E-state index in [4.69, 9.17) is 5.73 Å². The van der Waals surface area contributed by atoms with Crippen LogP contribution in [-0.4, -0.2) is 54.5 Å². The number of nitrogens with zero attached hydrogens (tertiary/aromatic N) is 2. The second-order valence-electron chi connectivity index (χ2n) is 6.47. The van der Waals surface area contributed by atoms with Gasteiger partial charge < -0.3 is 16.0 Å². The van der Waals surface area contributed by atoms with Crippen molar-refractivity contribution < 1.29 is 4.79 Å². The van der Waals surface area contributed by atoms with Crippen molar-refractivity contribution in [1.82, 2.24) is 9.80 Å². The van der Waals surface area contributed by atoms with Crippen molar-refractivity contribution in [2.45, 2.75) is 39.3 Å². The standard InChI is InChI=1S/C18H30N4O.3ClH/c1-3-21-10-12-22(13-11-21)14-16-5-7-17(8-6-16)20-18(23)9-4-15(2)19;;;/h5-8,15H,3-4,9-14,19H2,1-2H3,(H,20,23);3*1H. The average Bonchev–Trinajstić information content (AvgIpc) is 2.55. The van der Waals surface area contributed by atoms with Gasteiger partial charge in [0.15, 0.2) is 0 Å². The number of carbonyl (C=O) groups is 1. The van der Waals surface area contributed by atoms with E-state index in [0.717, 1.165) is 45.0 Å². The van der Waals surface area contributed by atoms with E-state index in [9.17, 15) is 4.79 Å². The fraction of sp³-hybridized carbons (Fsp3) is 0.611. The number of carbonyl (C=O) groups excluding carboxylic acids is 1. The summed E-state index contributed by atoms with van der Waals surface area (Å²) < 4.78 is 0. The van der Waals surface area contributed by atoms with E-state index in [-0.39, 0.29) is 49.2 Å². The molecule has 0 spiro atoms. The number of nitrogens with one attached hydrogen (secondary N) is 1. The third kappa shape index (κ3) is 9.95. The van der Waals surface area contributed by atoms with E-state index in [1.165, 1.54) is 5.56 Å². The molecule has 1 fully saturated rings. The van der Waals surface area contributed by atoms with Crippen molar-refractivity contribution in [1.29, 1.82) is 0 Å². The number of hydrogen-bond donors (Lipinski definition) is 2. The molecule has 1 aromatic carbocycles. The Bertz CT molecular complexity index is 492. The second-order valence-corrected chi connectivity index (χ2v) is 6.47. The van der Waals surface area contributed by atoms with Crippen LogP contribution >= 0.6 is 37.2 Å². The van der Waals surface area contributed by atoms with Crippen LogP contribution < -0.4 is 11.1 Å². The fourth-order valence-corrected chi connectivity index (χ4v) is 2.80. The van der Waals surface area contributed by atoms with Crippen LogP contribution in [0.25, 0.3) is 0 Å². The molecule has 1 heterocycles. The third-order valence-corrected chi connectivity index (χ3v) is 4.38. The number of likely N-dealkylation sites (N-methyl/N-ethyl adjacent to an activating group) is 1. The Kier molecular flexibility index (Phi) is 15.4. The SMILES string of the molecule is CCN1CCN(Cc2ccc(NC(=O)CCC(C)N)cc2)CC1.Cl.Cl.Cl. The van der Waals surface area contributed by atoms with E-state index < -0.39 is 0 Å². The summed E-state index contributed by atoms with van der Waals surface area (Å²) >= 11 is 0. The van der Waals surface area contributed by atoms with Crippen LogP contribution in [0.3, 0.4) is 0 Å². The van der Waals surface area contributed by atoms with Gasteiger partial charge in [-0.1, -0.05) is 19.1 Å². The van der Waals surface area contributed by atoms with Gasteiger partial charge in [-0.25, -0.2) is 0 Å². The minimum absolute atomic E-state index is 0. The van der Waals surface area contributed by atoms with Gasteiger partial charge in [0.25, 0.3) is 0 Å². The number of hydrogen-bond acceptors (Lipinski definition) is 4. The van der Waals surface area contributed by atoms with Gasteiger partial charge in [-0.15, -0.1) is 37.2 Å². The number of benzene rings is 1. The Morgan fingerprint density at radius 1 is 1.08 bits per heavy atom. The quantitative estimate of drug-likeness (QED) is 0.701. The van der Waals surface area contributed by atoms with E-state index in [2.05, 4.69) is 34.2 Å². The normalized spacial score (nSPS) is 15.8. The maximum atomic E-state index is 11.8. The highest BCUT2D eigenvalue weighted by atomic mass is 35.5. The molecule has 2 rings (SSSR count). The van der Waals surface area contributed by atoms with Gasteiger partial charge in [-0.3, -0.25) is 9.69 Å². The minimum atomic E-state index is 0. The first-order chi connectivity index (χ1) is 11.1. The van der Waals surface area contributed by atoms with Crippen LogP contribution in [0.5, 0.6) is 0 Å². The maximum Gasteiger partial charge on any atom is 0.224 e. The van der Waals surface area contributed by atoms with Crippen molar-refractivity contribution in [3.63, 3.8) is 0 Å². The first-order valence-corrected chi connectivity index (χ1v) is 8.66. The lowest BCUT2D eigenvalue weighted by Crippen LogP contribution is -2.45. The molecule has 1 unspecified atom stereocenters. The summed E-state index contributed by atoms with van der Waals surface area (Å²) in [5.41, 5.74) is 7.83. The van der Waals surface area contributed by atoms with Crippen molar-refractivity contribution >= 4 is 48.8 Å². The van der Waals surface area contributed by atoms with Gasteiger partial charge >= 0.3 is 0 Å². The van der Waals surface area contributed by atoms with Crippen molar-refractivity contribution in [2.75, 3.05) is 38.0 Å². The Morgan fingerprint density at radius 3 is 2.12 bits per heavy atom. The van der Waals surface area contributed by atoms with Gasteiger partial charge in [0.2, 0.25) is 5.91 Å². The fourth-order valence-electron chi connectivity index (χ4n) is 2.80. The van der Waals surface area contributed by atoms with Crippen LogP contribution in [0.2, 0.25) is 0 Å². The molecule has 1 amide bonds. The number of halogens is 3. The first kappa shape index (κ1) is 27.7. The molecule has 1 saturated heterocycles. The lowest BCUT2D eigenvalue weighted by molar-refractivity contribution is -0.116. The van der Waals surface area contributed by atoms with Gasteiger partial charge in [-0.05, 0) is 37.6 Å². The van der Waals surface area contributed by atoms with Gasteiger partial charge in [-0.2, -0.15) is 0 Å². The predicted molar refractivity (Wildman–Crippen MR) is 117 cm³/mol. The molecule has 0 radical (unpaired) electrons. The Labute approximate surface area is 176 Å². The van der Waals surface area contributed by atoms with E-state index in [1.807, 2.05) is 19.1 Å². The highest BCUT2D eigenvalue weighted by molar-refractivity contribution is 5.90. The van der Waals surface area contributed by atoms with Crippen LogP contribution in [-0.2, 0) is 11.3 Å². The smallest absolute Gasteiger partial charge is 0.224 e. The molecule has 152 valence electrons. The summed E-state index contributed by atoms with van der Waals surface area (Å²) in [5, 5.41) is 2.93. The zero-order valence-electron chi connectivity index (χ0n) is 15.6. The Balaban J connectivity index is 0. The van der Waals surface area contributed by atoms with Crippen molar-refractivity contribution in [2.24, 2.45) is 5.73 Å². The number of anilines is 1. The molecule has 0 saturated carbocycles. The van der Waals surface area contributed by atoms with Gasteiger partial charge in [0.05, 0.1) is 0 Å². The topological polar surface area (TPSA) is 61.6 Å². The first-order valence-electron chi connectivity index (χ1n) is 8.66. The van der Waals surface area contributed by atoms with Crippen molar-refractivity contribution in [3.05, 3.63) is 29.8 Å². The lowest BCUT2D eigenvalue weighted by Gasteiger charge is -2.34. The zero-order valence-corrected chi connectivity index (χ0v) is 18.1. The van der Waals surface area contributed by atoms with E-state index in [1.54, 1.807) is 0 Å². The molecule has 1 atom stereocenters. The maximum absolute atomic E-state index is 11.8. The molecule has 0 aromatic heterocycles. The van der Waals surface area contributed by atoms with Crippen LogP contribution in [0, 0.1) is 0 Å². The molecule has 26 heavy (non-hydrogen) atoms. The summed E-state index contributed by atoms with van der Waals surface area (Å²) in [4.78, 5) is 16.8. The van der Waals surface area contributed by atoms with E-state index in [0.29, 0.717) is 12.8 Å². The molecule has 3 N–H and O–H groups in total. The van der Waals surface area contributed by atoms with Gasteiger partial charge in [0, 0.05) is 50.9 Å². The molecule has 0 aliphatic carbocycles. The molecule has 1 aliphatic heterocycles. The molecule has 0 bridgehead atoms. The largest absolute Gasteiger partial charge is 0.328 e. The second kappa shape index (κ2) is 14.5. The Morgan fingerprint density at radius 2 is 1.62 bits per heavy atom. The molecular formula is C18H33Cl3N4O. The number of amides is 1. The molecule has 8 heteroatoms. The highest BCUT2D eigenvalue weighted by Gasteiger charge is 2.15. The summed E-state index contributed by atoms with van der Waals surface area (Å²) in [5.74, 6) is 0.0331. The van der Waals surface area contributed by atoms with Crippen LogP contribution in [0.4, 0.5) is 5.69 Å². The predicted octanol–water partition coefficient (Wildman–Crippen LogP) is 3.16. The molecular weight excluding hydrogens is 395 g/mol. The summed E-state index contributed by atoms with van der Waals surface area (Å²) in [6.07, 6.45) is 1.19. The van der Waals surface area contributed by atoms with Crippen molar-refractivity contribution in [3.8, 4) is 0 Å². The van der Waals surface area contributed by atoms with E-state index >= 15 is 0 Å². The zero-order chi connectivity index (χ0) is 16.7. The summed E-state index contributed by atoms with van der Waals surface area (Å²) in [6, 6.07) is 8.25. The summed E-state index contributed by atoms with van der Waals surface area (Å²) in [6.45, 7) is 10.8. The Hall–Kier alpha value is -0.560. The molecule has 1 aromatic rings. The monoisotopic (exact) mass is 426 g/mol. The third-order valence-electron chi connectivity index (χ3n) is 4.38. The average molecular weight is 428 g/mol. The minimum Gasteiger partial charge on any atom is -0.328 e. The lowest BCUT2D eigenvalue weighted by atomic mass is 10.1. The molecule has 5 nitrogen and oxygen atoms in total. The number of piperazine rings is 1. The van der Waals surface area contributed by atoms with Gasteiger partial charge in [0.1, 0.15) is 0 Å². The van der Waals surface area contributed by atoms with Crippen LogP contribution in [0.1, 0.15) is 32.3 Å². The number of nitrogens with two attached hydrogens (primary N) is 1. The number of rotatable bonds is 7. The van der Waals surface area contributed by atoms with Crippen LogP contribution in [0.15, 0.2) is 24.3 Å². The highest BCUT2D eigenvalue weighted by Crippen LogP contribution is 2.13. The molecule has 1 aliphatic rings. The summed E-state index contributed by atoms with van der Waals surface area (Å²) in [7, 11) is 0.